The predicted molar refractivity (Wildman–Crippen MR) is 133 cm³/mol. The molecule has 1 aliphatic heterocycles. The second-order valence-corrected chi connectivity index (χ2v) is 8.49. The van der Waals surface area contributed by atoms with Crippen LogP contribution in [-0.4, -0.2) is 52.6 Å². The van der Waals surface area contributed by atoms with Crippen LogP contribution in [0.15, 0.2) is 54.9 Å². The number of rotatable bonds is 8. The number of aromatic nitrogens is 2. The highest BCUT2D eigenvalue weighted by molar-refractivity contribution is 6.30. The largest absolute Gasteiger partial charge is 0.508 e. The first-order valence-corrected chi connectivity index (χ1v) is 11.9. The van der Waals surface area contributed by atoms with E-state index in [4.69, 9.17) is 25.8 Å². The van der Waals surface area contributed by atoms with Crippen LogP contribution in [0.5, 0.6) is 11.6 Å². The molecule has 0 N–H and O–H groups in total. The molecule has 3 aromatic rings. The second-order valence-electron chi connectivity index (χ2n) is 8.06. The smallest absolute Gasteiger partial charge is 0.435 e. The molecule has 11 nitrogen and oxygen atoms in total. The van der Waals surface area contributed by atoms with Gasteiger partial charge in [0.1, 0.15) is 18.2 Å². The molecule has 0 spiro atoms. The number of anilines is 1. The lowest BCUT2D eigenvalue weighted by Crippen LogP contribution is -2.38. The van der Waals surface area contributed by atoms with Crippen molar-refractivity contribution in [3.8, 4) is 11.6 Å². The van der Waals surface area contributed by atoms with Gasteiger partial charge in [-0.15, -0.1) is 0 Å². The van der Waals surface area contributed by atoms with Gasteiger partial charge in [0.2, 0.25) is 5.82 Å². The van der Waals surface area contributed by atoms with Gasteiger partial charge in [-0.2, -0.15) is 4.98 Å². The van der Waals surface area contributed by atoms with Gasteiger partial charge in [0.15, 0.2) is 5.78 Å². The number of ether oxygens (including phenoxy) is 3. The Hall–Kier alpha value is -4.25. The molecule has 2 aromatic carbocycles. The molecule has 1 aromatic heterocycles. The van der Waals surface area contributed by atoms with Crippen LogP contribution in [0, 0.1) is 10.1 Å². The summed E-state index contributed by atoms with van der Waals surface area (Å²) in [6.07, 6.45) is 1.03. The zero-order chi connectivity index (χ0) is 26.4. The van der Waals surface area contributed by atoms with Crippen LogP contribution in [0.1, 0.15) is 35.7 Å². The van der Waals surface area contributed by atoms with E-state index < -0.39 is 11.1 Å². The monoisotopic (exact) mass is 526 g/mol. The van der Waals surface area contributed by atoms with Crippen LogP contribution < -0.4 is 9.64 Å². The van der Waals surface area contributed by atoms with Crippen LogP contribution in [0.3, 0.4) is 0 Å². The van der Waals surface area contributed by atoms with E-state index in [0.29, 0.717) is 42.1 Å². The van der Waals surface area contributed by atoms with E-state index in [1.165, 1.54) is 18.5 Å². The molecule has 0 unspecified atom stereocenters. The lowest BCUT2D eigenvalue weighted by atomic mass is 10.0. The molecule has 12 heteroatoms. The molecule has 0 saturated carbocycles. The molecule has 1 fully saturated rings. The number of piperidine rings is 1. The van der Waals surface area contributed by atoms with Crippen LogP contribution in [0.4, 0.5) is 16.3 Å². The number of nitro groups is 1. The molecule has 0 amide bonds. The summed E-state index contributed by atoms with van der Waals surface area (Å²) in [6, 6.07) is 12.7. The lowest BCUT2D eigenvalue weighted by molar-refractivity contribution is -0.385. The molecular formula is C25H23ClN4O7. The van der Waals surface area contributed by atoms with Crippen molar-refractivity contribution in [1.29, 1.82) is 0 Å². The molecule has 0 atom stereocenters. The summed E-state index contributed by atoms with van der Waals surface area (Å²) in [7, 11) is 0. The SMILES string of the molecule is CCOC(=O)OC1CCN(c2ncnc(Oc3ccc(C(=O)c4ccc(Cl)cc4)cc3)c2[N+](=O)[O-])CC1. The quantitative estimate of drug-likeness (QED) is 0.167. The van der Waals surface area contributed by atoms with Crippen molar-refractivity contribution in [1.82, 2.24) is 9.97 Å². The Morgan fingerprint density at radius 3 is 2.27 bits per heavy atom. The molecule has 1 aliphatic rings. The van der Waals surface area contributed by atoms with Crippen LogP contribution in [0.25, 0.3) is 0 Å². The Morgan fingerprint density at radius 2 is 1.68 bits per heavy atom. The highest BCUT2D eigenvalue weighted by Crippen LogP contribution is 2.37. The third-order valence-corrected chi connectivity index (χ3v) is 5.91. The minimum Gasteiger partial charge on any atom is -0.435 e. The highest BCUT2D eigenvalue weighted by Gasteiger charge is 2.32. The minimum absolute atomic E-state index is 0.110. The number of hydrogen-bond donors (Lipinski definition) is 0. The first kappa shape index (κ1) is 25.8. The first-order chi connectivity index (χ1) is 17.9. The second kappa shape index (κ2) is 11.7. The summed E-state index contributed by atoms with van der Waals surface area (Å²) in [5, 5.41) is 12.5. The average Bonchev–Trinajstić information content (AvgIpc) is 2.89. The van der Waals surface area contributed by atoms with Crippen molar-refractivity contribution in [3.63, 3.8) is 0 Å². The summed E-state index contributed by atoms with van der Waals surface area (Å²) in [5.74, 6) is -0.0494. The van der Waals surface area contributed by atoms with Crippen molar-refractivity contribution in [2.75, 3.05) is 24.6 Å². The van der Waals surface area contributed by atoms with Gasteiger partial charge in [-0.25, -0.2) is 9.78 Å². The molecule has 37 heavy (non-hydrogen) atoms. The Labute approximate surface area is 217 Å². The molecule has 0 aliphatic carbocycles. The van der Waals surface area contributed by atoms with Crippen molar-refractivity contribution in [2.45, 2.75) is 25.9 Å². The van der Waals surface area contributed by atoms with Gasteiger partial charge in [-0.1, -0.05) is 11.6 Å². The van der Waals surface area contributed by atoms with E-state index in [9.17, 15) is 19.7 Å². The maximum absolute atomic E-state index is 12.7. The van der Waals surface area contributed by atoms with E-state index in [2.05, 4.69) is 9.97 Å². The number of carbonyl (C=O) groups excluding carboxylic acids is 2. The Morgan fingerprint density at radius 1 is 1.05 bits per heavy atom. The highest BCUT2D eigenvalue weighted by atomic mass is 35.5. The summed E-state index contributed by atoms with van der Waals surface area (Å²) < 4.78 is 15.8. The summed E-state index contributed by atoms with van der Waals surface area (Å²) in [6.45, 7) is 2.66. The van der Waals surface area contributed by atoms with E-state index in [-0.39, 0.29) is 41.6 Å². The number of carbonyl (C=O) groups is 2. The molecule has 2 heterocycles. The van der Waals surface area contributed by atoms with Crippen LogP contribution >= 0.6 is 11.6 Å². The molecule has 0 bridgehead atoms. The van der Waals surface area contributed by atoms with E-state index in [1.807, 2.05) is 0 Å². The number of halogens is 1. The zero-order valence-corrected chi connectivity index (χ0v) is 20.6. The maximum Gasteiger partial charge on any atom is 0.508 e. The Bertz CT molecular complexity index is 1280. The van der Waals surface area contributed by atoms with Gasteiger partial charge >= 0.3 is 17.7 Å². The van der Waals surface area contributed by atoms with Gasteiger partial charge in [-0.3, -0.25) is 14.9 Å². The van der Waals surface area contributed by atoms with Crippen molar-refractivity contribution >= 4 is 35.0 Å². The molecule has 192 valence electrons. The number of ketones is 1. The predicted octanol–water partition coefficient (Wildman–Crippen LogP) is 5.20. The molecule has 1 saturated heterocycles. The summed E-state index contributed by atoms with van der Waals surface area (Å²) in [4.78, 5) is 45.4. The van der Waals surface area contributed by atoms with Gasteiger partial charge in [0.25, 0.3) is 0 Å². The Balaban J connectivity index is 1.47. The third kappa shape index (κ3) is 6.31. The van der Waals surface area contributed by atoms with Gasteiger partial charge in [-0.05, 0) is 55.5 Å². The normalized spacial score (nSPS) is 13.6. The van der Waals surface area contributed by atoms with Gasteiger partial charge in [0.05, 0.1) is 11.5 Å². The third-order valence-electron chi connectivity index (χ3n) is 5.66. The zero-order valence-electron chi connectivity index (χ0n) is 19.8. The average molecular weight is 527 g/mol. The topological polar surface area (TPSA) is 134 Å². The van der Waals surface area contributed by atoms with Gasteiger partial charge in [0, 0.05) is 42.1 Å². The number of hydrogen-bond acceptors (Lipinski definition) is 10. The maximum atomic E-state index is 12.7. The van der Waals surface area contributed by atoms with Crippen molar-refractivity contribution < 1.29 is 28.7 Å². The van der Waals surface area contributed by atoms with Crippen LogP contribution in [0.2, 0.25) is 5.02 Å². The van der Waals surface area contributed by atoms with Crippen LogP contribution in [-0.2, 0) is 9.47 Å². The van der Waals surface area contributed by atoms with E-state index in [0.717, 1.165) is 0 Å². The fourth-order valence-electron chi connectivity index (χ4n) is 3.85. The number of benzene rings is 2. The van der Waals surface area contributed by atoms with Crippen molar-refractivity contribution in [2.24, 2.45) is 0 Å². The van der Waals surface area contributed by atoms with E-state index in [1.54, 1.807) is 48.2 Å². The fourth-order valence-corrected chi connectivity index (χ4v) is 3.97. The van der Waals surface area contributed by atoms with E-state index >= 15 is 0 Å². The summed E-state index contributed by atoms with van der Waals surface area (Å²) >= 11 is 5.88. The lowest BCUT2D eigenvalue weighted by Gasteiger charge is -2.31. The Kier molecular flexibility index (Phi) is 8.14. The van der Waals surface area contributed by atoms with Gasteiger partial charge < -0.3 is 19.1 Å². The first-order valence-electron chi connectivity index (χ1n) is 11.5. The summed E-state index contributed by atoms with van der Waals surface area (Å²) in [5.41, 5.74) is 0.514. The standard InChI is InChI=1S/C25H23ClN4O7/c1-2-35-25(32)37-20-11-13-29(14-12-20)23-21(30(33)34)24(28-15-27-23)36-19-9-5-17(6-10-19)22(31)16-3-7-18(26)8-4-16/h3-10,15,20H,2,11-14H2,1H3. The minimum atomic E-state index is -0.731. The van der Waals surface area contributed by atoms with Crippen molar-refractivity contribution in [3.05, 3.63) is 81.1 Å². The molecule has 0 radical (unpaired) electrons. The molecular weight excluding hydrogens is 504 g/mol. The number of nitrogens with zero attached hydrogens (tertiary/aromatic N) is 4. The molecule has 4 rings (SSSR count). The fraction of sp³-hybridized carbons (Fsp3) is 0.280.